The molecule has 1 atom stereocenters. The highest BCUT2D eigenvalue weighted by atomic mass is 35.5. The van der Waals surface area contributed by atoms with E-state index in [9.17, 15) is 4.79 Å². The zero-order valence-corrected chi connectivity index (χ0v) is 18.0. The number of halogens is 2. The molecule has 1 unspecified atom stereocenters. The number of aromatic nitrogens is 1. The van der Waals surface area contributed by atoms with Gasteiger partial charge in [0.1, 0.15) is 11.6 Å². The number of piperidine rings is 1. The summed E-state index contributed by atoms with van der Waals surface area (Å²) in [6.07, 6.45) is 2.47. The Morgan fingerprint density at radius 3 is 2.64 bits per heavy atom. The minimum Gasteiger partial charge on any atom is -0.495 e. The zero-order valence-electron chi connectivity index (χ0n) is 16.3. The van der Waals surface area contributed by atoms with Crippen molar-refractivity contribution in [1.82, 2.24) is 9.88 Å². The highest BCUT2D eigenvalue weighted by Crippen LogP contribution is 2.31. The molecule has 0 bridgehead atoms. The maximum absolute atomic E-state index is 13.1. The van der Waals surface area contributed by atoms with Crippen LogP contribution in [0.3, 0.4) is 0 Å². The predicted octanol–water partition coefficient (Wildman–Crippen LogP) is 3.88. The minimum absolute atomic E-state index is 0. The molecule has 1 saturated heterocycles. The van der Waals surface area contributed by atoms with Crippen molar-refractivity contribution < 1.29 is 9.53 Å². The fourth-order valence-corrected chi connectivity index (χ4v) is 3.27. The van der Waals surface area contributed by atoms with E-state index in [2.05, 4.69) is 24.1 Å². The van der Waals surface area contributed by atoms with Crippen LogP contribution in [0.4, 0.5) is 11.5 Å². The predicted molar refractivity (Wildman–Crippen MR) is 117 cm³/mol. The molecule has 3 N–H and O–H groups in total. The second-order valence-electron chi connectivity index (χ2n) is 7.34. The summed E-state index contributed by atoms with van der Waals surface area (Å²) in [6.45, 7) is 5.51. The van der Waals surface area contributed by atoms with E-state index < -0.39 is 0 Å². The largest absolute Gasteiger partial charge is 0.495 e. The van der Waals surface area contributed by atoms with Crippen molar-refractivity contribution in [3.05, 3.63) is 48.2 Å². The van der Waals surface area contributed by atoms with Gasteiger partial charge in [-0.3, -0.25) is 4.79 Å². The summed E-state index contributed by atoms with van der Waals surface area (Å²) >= 11 is 0. The number of anilines is 2. The summed E-state index contributed by atoms with van der Waals surface area (Å²) in [6, 6.07) is 11.2. The van der Waals surface area contributed by atoms with Crippen LogP contribution in [0.1, 0.15) is 30.6 Å². The van der Waals surface area contributed by atoms with E-state index in [1.807, 2.05) is 29.2 Å². The van der Waals surface area contributed by atoms with Gasteiger partial charge in [0.05, 0.1) is 18.4 Å². The highest BCUT2D eigenvalue weighted by molar-refractivity contribution is 5.99. The Balaban J connectivity index is 0.00000196. The first-order valence-electron chi connectivity index (χ1n) is 8.82. The molecule has 3 rings (SSSR count). The number of hydrogen-bond donors (Lipinski definition) is 2. The van der Waals surface area contributed by atoms with Gasteiger partial charge in [-0.15, -0.1) is 24.8 Å². The van der Waals surface area contributed by atoms with Gasteiger partial charge in [-0.25, -0.2) is 4.98 Å². The Morgan fingerprint density at radius 1 is 1.25 bits per heavy atom. The van der Waals surface area contributed by atoms with Gasteiger partial charge in [-0.1, -0.05) is 26.0 Å². The van der Waals surface area contributed by atoms with Gasteiger partial charge >= 0.3 is 0 Å². The molecule has 2 heterocycles. The van der Waals surface area contributed by atoms with Crippen LogP contribution in [0.25, 0.3) is 0 Å². The molecule has 6 nitrogen and oxygen atoms in total. The molecule has 1 fully saturated rings. The normalized spacial score (nSPS) is 17.7. The lowest BCUT2D eigenvalue weighted by Crippen LogP contribution is -2.54. The molecule has 0 radical (unpaired) electrons. The Hall–Kier alpha value is -2.02. The Kier molecular flexibility index (Phi) is 8.54. The van der Waals surface area contributed by atoms with E-state index in [0.29, 0.717) is 30.2 Å². The average molecular weight is 427 g/mol. The summed E-state index contributed by atoms with van der Waals surface area (Å²) in [4.78, 5) is 19.4. The molecule has 1 aliphatic rings. The van der Waals surface area contributed by atoms with E-state index in [1.54, 1.807) is 25.4 Å². The lowest BCUT2D eigenvalue weighted by Gasteiger charge is -2.42. The van der Waals surface area contributed by atoms with Crippen LogP contribution in [0.2, 0.25) is 0 Å². The Morgan fingerprint density at radius 2 is 1.96 bits per heavy atom. The molecule has 2 aromatic rings. The van der Waals surface area contributed by atoms with Gasteiger partial charge < -0.3 is 20.7 Å². The van der Waals surface area contributed by atoms with Crippen LogP contribution >= 0.6 is 24.8 Å². The molecule has 1 aromatic heterocycles. The van der Waals surface area contributed by atoms with E-state index in [1.165, 1.54) is 0 Å². The molecule has 8 heteroatoms. The second-order valence-corrected chi connectivity index (χ2v) is 7.34. The first-order chi connectivity index (χ1) is 12.4. The molecule has 0 saturated carbocycles. The van der Waals surface area contributed by atoms with Crippen molar-refractivity contribution >= 4 is 42.2 Å². The number of rotatable bonds is 4. The summed E-state index contributed by atoms with van der Waals surface area (Å²) in [7, 11) is 1.62. The molecule has 0 aliphatic carbocycles. The molecular formula is C20H28Cl2N4O2. The standard InChI is InChI=1S/C20H26N4O2.2ClH/c1-20(2)13-24(12-10-17(20)21)19(25)14-7-6-11-22-18(14)23-15-8-4-5-9-16(15)26-3;;/h4-9,11,17H,10,12-13,21H2,1-3H3,(H,22,23);2*1H. The van der Waals surface area contributed by atoms with Crippen LogP contribution in [0.15, 0.2) is 42.6 Å². The molecule has 1 aliphatic heterocycles. The number of hydrogen-bond acceptors (Lipinski definition) is 5. The quantitative estimate of drug-likeness (QED) is 0.774. The van der Waals surface area contributed by atoms with Crippen LogP contribution in [0.5, 0.6) is 5.75 Å². The molecular weight excluding hydrogens is 399 g/mol. The van der Waals surface area contributed by atoms with E-state index >= 15 is 0 Å². The first kappa shape index (κ1) is 24.0. The van der Waals surface area contributed by atoms with E-state index in [4.69, 9.17) is 10.5 Å². The fraction of sp³-hybridized carbons (Fsp3) is 0.400. The van der Waals surface area contributed by atoms with Crippen LogP contribution in [-0.4, -0.2) is 42.0 Å². The maximum Gasteiger partial charge on any atom is 0.257 e. The Bertz CT molecular complexity index is 801. The lowest BCUT2D eigenvalue weighted by atomic mass is 9.79. The number of para-hydroxylation sites is 2. The molecule has 28 heavy (non-hydrogen) atoms. The van der Waals surface area contributed by atoms with Gasteiger partial charge in [-0.05, 0) is 36.1 Å². The smallest absolute Gasteiger partial charge is 0.257 e. The zero-order chi connectivity index (χ0) is 18.7. The SMILES string of the molecule is COc1ccccc1Nc1ncccc1C(=O)N1CCC(N)C(C)(C)C1.Cl.Cl. The lowest BCUT2D eigenvalue weighted by molar-refractivity contribution is 0.0533. The van der Waals surface area contributed by atoms with E-state index in [-0.39, 0.29) is 42.2 Å². The van der Waals surface area contributed by atoms with Gasteiger partial charge in [0.15, 0.2) is 0 Å². The third-order valence-electron chi connectivity index (χ3n) is 5.00. The van der Waals surface area contributed by atoms with Gasteiger partial charge in [0, 0.05) is 25.3 Å². The molecule has 1 amide bonds. The monoisotopic (exact) mass is 426 g/mol. The summed E-state index contributed by atoms with van der Waals surface area (Å²) in [5.41, 5.74) is 7.41. The second kappa shape index (κ2) is 9.96. The number of likely N-dealkylation sites (tertiary alicyclic amines) is 1. The number of pyridine rings is 1. The van der Waals surface area contributed by atoms with Crippen LogP contribution in [-0.2, 0) is 0 Å². The van der Waals surface area contributed by atoms with Gasteiger partial charge in [0.2, 0.25) is 0 Å². The number of carbonyl (C=O) groups excluding carboxylic acids is 1. The number of amides is 1. The third-order valence-corrected chi connectivity index (χ3v) is 5.00. The molecule has 154 valence electrons. The van der Waals surface area contributed by atoms with Crippen molar-refractivity contribution in [3.8, 4) is 5.75 Å². The van der Waals surface area contributed by atoms with E-state index in [0.717, 1.165) is 12.1 Å². The summed E-state index contributed by atoms with van der Waals surface area (Å²) < 4.78 is 5.37. The average Bonchev–Trinajstić information content (AvgIpc) is 2.64. The number of carbonyl (C=O) groups is 1. The van der Waals surface area contributed by atoms with Gasteiger partial charge in [-0.2, -0.15) is 0 Å². The number of nitrogens with zero attached hydrogens (tertiary/aromatic N) is 2. The first-order valence-corrected chi connectivity index (χ1v) is 8.82. The van der Waals surface area contributed by atoms with Crippen molar-refractivity contribution in [3.63, 3.8) is 0 Å². The minimum atomic E-state index is -0.105. The Labute approximate surface area is 178 Å². The summed E-state index contributed by atoms with van der Waals surface area (Å²) in [5, 5.41) is 3.23. The van der Waals surface area contributed by atoms with Crippen LogP contribution < -0.4 is 15.8 Å². The third kappa shape index (κ3) is 5.07. The van der Waals surface area contributed by atoms with Crippen molar-refractivity contribution in [2.75, 3.05) is 25.5 Å². The number of benzene rings is 1. The summed E-state index contributed by atoms with van der Waals surface area (Å²) in [5.74, 6) is 1.19. The molecule has 0 spiro atoms. The van der Waals surface area contributed by atoms with Crippen molar-refractivity contribution in [2.24, 2.45) is 11.1 Å². The van der Waals surface area contributed by atoms with Crippen molar-refractivity contribution in [2.45, 2.75) is 26.3 Å². The molecule has 1 aromatic carbocycles. The van der Waals surface area contributed by atoms with Crippen LogP contribution in [0, 0.1) is 5.41 Å². The number of ether oxygens (including phenoxy) is 1. The highest BCUT2D eigenvalue weighted by Gasteiger charge is 2.36. The number of methoxy groups -OCH3 is 1. The van der Waals surface area contributed by atoms with Crippen molar-refractivity contribution in [1.29, 1.82) is 0 Å². The number of nitrogens with one attached hydrogen (secondary N) is 1. The maximum atomic E-state index is 13.1. The topological polar surface area (TPSA) is 80.5 Å². The fourth-order valence-electron chi connectivity index (χ4n) is 3.27. The number of nitrogens with two attached hydrogens (primary N) is 1. The van der Waals surface area contributed by atoms with Gasteiger partial charge in [0.25, 0.3) is 5.91 Å².